The average molecular weight is 203 g/mol. The molecule has 0 aliphatic carbocycles. The van der Waals surface area contributed by atoms with Crippen molar-refractivity contribution in [3.63, 3.8) is 0 Å². The molecule has 2 rings (SSSR count). The van der Waals surface area contributed by atoms with Crippen molar-refractivity contribution in [2.75, 3.05) is 5.32 Å². The molecular weight excluding hydrogens is 194 g/mol. The molecule has 1 aromatic heterocycles. The normalized spacial score (nSPS) is 10.2. The van der Waals surface area contributed by atoms with Crippen LogP contribution in [-0.2, 0) is 4.79 Å². The number of hydrogen-bond acceptors (Lipinski definition) is 3. The predicted octanol–water partition coefficient (Wildman–Crippen LogP) is 1.75. The summed E-state index contributed by atoms with van der Waals surface area (Å²) in [4.78, 5) is 22.0. The van der Waals surface area contributed by atoms with E-state index in [9.17, 15) is 9.59 Å². The third-order valence-electron chi connectivity index (χ3n) is 1.96. The Morgan fingerprint density at radius 1 is 1.27 bits per heavy atom. The zero-order chi connectivity index (χ0) is 10.8. The fourth-order valence-corrected chi connectivity index (χ4v) is 1.38. The second-order valence-corrected chi connectivity index (χ2v) is 3.16. The van der Waals surface area contributed by atoms with Gasteiger partial charge in [-0.2, -0.15) is 0 Å². The Labute approximate surface area is 85.5 Å². The molecule has 0 saturated carbocycles. The fourth-order valence-electron chi connectivity index (χ4n) is 1.38. The molecule has 0 fully saturated rings. The summed E-state index contributed by atoms with van der Waals surface area (Å²) in [5, 5.41) is 3.38. The average Bonchev–Trinajstić information content (AvgIpc) is 2.18. The highest BCUT2D eigenvalue weighted by molar-refractivity contribution is 5.98. The van der Waals surface area contributed by atoms with Gasteiger partial charge in [-0.25, -0.2) is 4.79 Å². The van der Waals surface area contributed by atoms with Crippen molar-refractivity contribution in [1.29, 1.82) is 0 Å². The predicted molar refractivity (Wildman–Crippen MR) is 56.8 cm³/mol. The molecule has 4 nitrogen and oxygen atoms in total. The van der Waals surface area contributed by atoms with Crippen molar-refractivity contribution in [3.05, 3.63) is 40.8 Å². The minimum atomic E-state index is -0.430. The number of hydrogen-bond donors (Lipinski definition) is 1. The Bertz CT molecular complexity index is 571. The summed E-state index contributed by atoms with van der Waals surface area (Å²) in [6.45, 7) is 1.40. The van der Waals surface area contributed by atoms with Crippen molar-refractivity contribution < 1.29 is 9.21 Å². The zero-order valence-electron chi connectivity index (χ0n) is 8.11. The van der Waals surface area contributed by atoms with E-state index in [0.717, 1.165) is 5.39 Å². The molecule has 2 aromatic rings. The van der Waals surface area contributed by atoms with Crippen molar-refractivity contribution in [3.8, 4) is 0 Å². The highest BCUT2D eigenvalue weighted by atomic mass is 16.4. The van der Waals surface area contributed by atoms with E-state index in [1.165, 1.54) is 13.0 Å². The van der Waals surface area contributed by atoms with Crippen LogP contribution in [0.1, 0.15) is 6.92 Å². The molecular formula is C11H9NO3. The maximum absolute atomic E-state index is 11.0. The molecule has 1 N–H and O–H groups in total. The van der Waals surface area contributed by atoms with Crippen LogP contribution in [0, 0.1) is 0 Å². The van der Waals surface area contributed by atoms with Crippen LogP contribution in [0.4, 0.5) is 5.69 Å². The van der Waals surface area contributed by atoms with Gasteiger partial charge < -0.3 is 9.73 Å². The van der Waals surface area contributed by atoms with Gasteiger partial charge in [0.15, 0.2) is 5.58 Å². The highest BCUT2D eigenvalue weighted by Gasteiger charge is 2.04. The summed E-state index contributed by atoms with van der Waals surface area (Å²) < 4.78 is 5.02. The Kier molecular flexibility index (Phi) is 2.25. The van der Waals surface area contributed by atoms with Crippen molar-refractivity contribution in [2.45, 2.75) is 6.92 Å². The smallest absolute Gasteiger partial charge is 0.336 e. The minimum Gasteiger partial charge on any atom is -0.420 e. The van der Waals surface area contributed by atoms with E-state index < -0.39 is 5.63 Å². The molecule has 4 heteroatoms. The number of carbonyl (C=O) groups is 1. The topological polar surface area (TPSA) is 59.3 Å². The molecule has 1 aromatic carbocycles. The maximum atomic E-state index is 11.0. The Hall–Kier alpha value is -2.10. The van der Waals surface area contributed by atoms with Crippen LogP contribution in [0.5, 0.6) is 0 Å². The molecule has 1 heterocycles. The third kappa shape index (κ3) is 1.88. The number of benzene rings is 1. The standard InChI is InChI=1S/C11H9NO3/c1-7(13)12-9-4-2-3-8-5-6-10(14)15-11(8)9/h2-6H,1H3,(H,12,13). The van der Waals surface area contributed by atoms with Crippen molar-refractivity contribution in [2.24, 2.45) is 0 Å². The first-order valence-corrected chi connectivity index (χ1v) is 4.47. The molecule has 0 atom stereocenters. The van der Waals surface area contributed by atoms with E-state index in [1.54, 1.807) is 18.2 Å². The van der Waals surface area contributed by atoms with Gasteiger partial charge in [0, 0.05) is 18.4 Å². The zero-order valence-corrected chi connectivity index (χ0v) is 8.11. The van der Waals surface area contributed by atoms with Gasteiger partial charge in [-0.05, 0) is 12.1 Å². The number of carbonyl (C=O) groups excluding carboxylic acids is 1. The fraction of sp³-hybridized carbons (Fsp3) is 0.0909. The third-order valence-corrected chi connectivity index (χ3v) is 1.96. The summed E-state index contributed by atoms with van der Waals surface area (Å²) >= 11 is 0. The lowest BCUT2D eigenvalue weighted by Crippen LogP contribution is -2.07. The van der Waals surface area contributed by atoms with Gasteiger partial charge in [-0.15, -0.1) is 0 Å². The summed E-state index contributed by atoms with van der Waals surface area (Å²) in [6.07, 6.45) is 0. The van der Waals surface area contributed by atoms with Crippen LogP contribution in [0.25, 0.3) is 11.0 Å². The van der Waals surface area contributed by atoms with E-state index in [0.29, 0.717) is 11.3 Å². The number of nitrogens with one attached hydrogen (secondary N) is 1. The van der Waals surface area contributed by atoms with Gasteiger partial charge in [0.1, 0.15) is 0 Å². The minimum absolute atomic E-state index is 0.200. The monoisotopic (exact) mass is 203 g/mol. The lowest BCUT2D eigenvalue weighted by Gasteiger charge is -2.04. The van der Waals surface area contributed by atoms with E-state index in [1.807, 2.05) is 6.07 Å². The van der Waals surface area contributed by atoms with Crippen molar-refractivity contribution >= 4 is 22.6 Å². The molecule has 0 radical (unpaired) electrons. The van der Waals surface area contributed by atoms with Crippen LogP contribution in [0.3, 0.4) is 0 Å². The van der Waals surface area contributed by atoms with E-state index >= 15 is 0 Å². The van der Waals surface area contributed by atoms with Gasteiger partial charge in [-0.1, -0.05) is 12.1 Å². The first kappa shape index (κ1) is 9.45. The number of anilines is 1. The SMILES string of the molecule is CC(=O)Nc1cccc2ccc(=O)oc12. The molecule has 76 valence electrons. The molecule has 0 bridgehead atoms. The summed E-state index contributed by atoms with van der Waals surface area (Å²) in [5.74, 6) is -0.200. The summed E-state index contributed by atoms with van der Waals surface area (Å²) in [5.41, 5.74) is 0.484. The number of rotatable bonds is 1. The maximum Gasteiger partial charge on any atom is 0.336 e. The van der Waals surface area contributed by atoms with Gasteiger partial charge in [-0.3, -0.25) is 4.79 Å². The van der Waals surface area contributed by atoms with Gasteiger partial charge in [0.2, 0.25) is 5.91 Å². The first-order chi connectivity index (χ1) is 7.16. The molecule has 0 spiro atoms. The number of fused-ring (bicyclic) bond motifs is 1. The van der Waals surface area contributed by atoms with E-state index in [2.05, 4.69) is 5.32 Å². The van der Waals surface area contributed by atoms with Crippen LogP contribution in [0.15, 0.2) is 39.5 Å². The van der Waals surface area contributed by atoms with E-state index in [4.69, 9.17) is 4.42 Å². The summed E-state index contributed by atoms with van der Waals surface area (Å²) in [7, 11) is 0. The van der Waals surface area contributed by atoms with Crippen molar-refractivity contribution in [1.82, 2.24) is 0 Å². The van der Waals surface area contributed by atoms with Crippen LogP contribution in [-0.4, -0.2) is 5.91 Å². The Morgan fingerprint density at radius 3 is 2.80 bits per heavy atom. The second kappa shape index (κ2) is 3.57. The highest BCUT2D eigenvalue weighted by Crippen LogP contribution is 2.21. The lowest BCUT2D eigenvalue weighted by atomic mass is 10.2. The molecule has 0 aliphatic heterocycles. The summed E-state index contributed by atoms with van der Waals surface area (Å²) in [6, 6.07) is 8.29. The van der Waals surface area contributed by atoms with Crippen LogP contribution in [0.2, 0.25) is 0 Å². The van der Waals surface area contributed by atoms with Gasteiger partial charge >= 0.3 is 5.63 Å². The Balaban J connectivity index is 2.68. The second-order valence-electron chi connectivity index (χ2n) is 3.16. The molecule has 15 heavy (non-hydrogen) atoms. The Morgan fingerprint density at radius 2 is 2.07 bits per heavy atom. The largest absolute Gasteiger partial charge is 0.420 e. The lowest BCUT2D eigenvalue weighted by molar-refractivity contribution is -0.114. The molecule has 0 saturated heterocycles. The van der Waals surface area contributed by atoms with Crippen LogP contribution >= 0.6 is 0 Å². The van der Waals surface area contributed by atoms with Crippen LogP contribution < -0.4 is 10.9 Å². The molecule has 0 aliphatic rings. The van der Waals surface area contributed by atoms with Gasteiger partial charge in [0.05, 0.1) is 5.69 Å². The molecule has 0 unspecified atom stereocenters. The van der Waals surface area contributed by atoms with E-state index in [-0.39, 0.29) is 5.91 Å². The molecule has 1 amide bonds. The first-order valence-electron chi connectivity index (χ1n) is 4.47. The number of para-hydroxylation sites is 1. The quantitative estimate of drug-likeness (QED) is 0.718. The number of amides is 1. The van der Waals surface area contributed by atoms with Gasteiger partial charge in [0.25, 0.3) is 0 Å².